The predicted octanol–water partition coefficient (Wildman–Crippen LogP) is 3.76. The lowest BCUT2D eigenvalue weighted by Crippen LogP contribution is -2.48. The van der Waals surface area contributed by atoms with Crippen molar-refractivity contribution < 1.29 is 27.2 Å². The van der Waals surface area contributed by atoms with E-state index >= 15 is 0 Å². The van der Waals surface area contributed by atoms with E-state index in [2.05, 4.69) is 15.2 Å². The number of anilines is 1. The van der Waals surface area contributed by atoms with Crippen molar-refractivity contribution in [1.29, 1.82) is 5.26 Å². The van der Waals surface area contributed by atoms with Crippen molar-refractivity contribution in [1.82, 2.24) is 20.1 Å². The van der Waals surface area contributed by atoms with Crippen molar-refractivity contribution in [2.45, 2.75) is 24.4 Å². The first-order valence-corrected chi connectivity index (χ1v) is 13.4. The van der Waals surface area contributed by atoms with Crippen LogP contribution in [0.15, 0.2) is 66.9 Å². The third-order valence-electron chi connectivity index (χ3n) is 7.52. The smallest absolute Gasteiger partial charge is 0.268 e. The van der Waals surface area contributed by atoms with Crippen molar-refractivity contribution in [3.8, 4) is 6.07 Å². The van der Waals surface area contributed by atoms with Crippen LogP contribution in [-0.4, -0.2) is 77.8 Å². The van der Waals surface area contributed by atoms with Gasteiger partial charge in [-0.25, -0.2) is 22.5 Å². The zero-order valence-electron chi connectivity index (χ0n) is 22.5. The van der Waals surface area contributed by atoms with Gasteiger partial charge in [-0.05, 0) is 47.5 Å². The maximum absolute atomic E-state index is 13.7. The maximum atomic E-state index is 13.7. The van der Waals surface area contributed by atoms with Crippen molar-refractivity contribution in [2.75, 3.05) is 44.2 Å². The number of benzene rings is 2. The summed E-state index contributed by atoms with van der Waals surface area (Å²) >= 11 is 0. The van der Waals surface area contributed by atoms with E-state index in [4.69, 9.17) is 5.26 Å². The number of rotatable bonds is 7. The van der Waals surface area contributed by atoms with Crippen LogP contribution >= 0.6 is 0 Å². The fourth-order valence-corrected chi connectivity index (χ4v) is 5.40. The lowest BCUT2D eigenvalue weighted by molar-refractivity contribution is -0.131. The average Bonchev–Trinajstić information content (AvgIpc) is 3.32. The van der Waals surface area contributed by atoms with Crippen molar-refractivity contribution >= 4 is 17.6 Å². The fraction of sp³-hybridized carbons (Fsp3) is 0.333. The molecule has 0 bridgehead atoms. The highest BCUT2D eigenvalue weighted by Crippen LogP contribution is 2.32. The van der Waals surface area contributed by atoms with E-state index in [0.29, 0.717) is 32.0 Å². The highest BCUT2D eigenvalue weighted by atomic mass is 19.3. The molecular formula is C30H28F4N6O2. The molecular weight excluding hydrogens is 552 g/mol. The molecule has 2 amide bonds. The van der Waals surface area contributed by atoms with E-state index in [1.54, 1.807) is 36.4 Å². The number of nitrogens with zero attached hydrogens (tertiary/aromatic N) is 5. The number of carbonyl (C=O) groups is 2. The molecule has 42 heavy (non-hydrogen) atoms. The molecule has 0 radical (unpaired) electrons. The van der Waals surface area contributed by atoms with E-state index in [9.17, 15) is 27.2 Å². The Morgan fingerprint density at radius 3 is 2.14 bits per heavy atom. The number of halogens is 4. The third kappa shape index (κ3) is 6.52. The second kappa shape index (κ2) is 12.2. The highest BCUT2D eigenvalue weighted by Gasteiger charge is 2.47. The SMILES string of the molecule is N#C[C@@H]1CC(F)(F)CN1C(=O)CNC(=O)c1ccnc(N2CCN(C(c3ccc(F)cc3)c3ccc(F)cc3)CC2)c1. The van der Waals surface area contributed by atoms with Crippen molar-refractivity contribution in [3.63, 3.8) is 0 Å². The molecule has 12 heteroatoms. The van der Waals surface area contributed by atoms with Crippen LogP contribution in [0.25, 0.3) is 0 Å². The normalized spacial score (nSPS) is 18.6. The Balaban J connectivity index is 1.22. The Morgan fingerprint density at radius 1 is 0.976 bits per heavy atom. The molecule has 3 aromatic rings. The quantitative estimate of drug-likeness (QED) is 0.428. The minimum Gasteiger partial charge on any atom is -0.354 e. The third-order valence-corrected chi connectivity index (χ3v) is 7.52. The number of alkyl halides is 2. The number of carbonyl (C=O) groups excluding carboxylic acids is 2. The van der Waals surface area contributed by atoms with E-state index in [0.717, 1.165) is 16.0 Å². The Morgan fingerprint density at radius 2 is 1.57 bits per heavy atom. The van der Waals surface area contributed by atoms with Crippen LogP contribution in [0, 0.1) is 23.0 Å². The van der Waals surface area contributed by atoms with Gasteiger partial charge in [-0.15, -0.1) is 0 Å². The van der Waals surface area contributed by atoms with Crippen LogP contribution in [0.4, 0.5) is 23.4 Å². The second-order valence-corrected chi connectivity index (χ2v) is 10.3. The van der Waals surface area contributed by atoms with Gasteiger partial charge in [0.2, 0.25) is 5.91 Å². The van der Waals surface area contributed by atoms with E-state index < -0.39 is 43.3 Å². The zero-order chi connectivity index (χ0) is 29.9. The number of aromatic nitrogens is 1. The molecule has 2 saturated heterocycles. The molecule has 5 rings (SSSR count). The van der Waals surface area contributed by atoms with Crippen LogP contribution in [-0.2, 0) is 4.79 Å². The summed E-state index contributed by atoms with van der Waals surface area (Å²) in [5.41, 5.74) is 2.00. The van der Waals surface area contributed by atoms with Gasteiger partial charge in [0.15, 0.2) is 0 Å². The molecule has 0 unspecified atom stereocenters. The maximum Gasteiger partial charge on any atom is 0.268 e. The van der Waals surface area contributed by atoms with E-state index in [-0.39, 0.29) is 23.2 Å². The number of hydrogen-bond donors (Lipinski definition) is 1. The molecule has 2 aliphatic heterocycles. The summed E-state index contributed by atoms with van der Waals surface area (Å²) in [5, 5.41) is 11.6. The number of nitrogens with one attached hydrogen (secondary N) is 1. The summed E-state index contributed by atoms with van der Waals surface area (Å²) in [6.07, 6.45) is 0.754. The van der Waals surface area contributed by atoms with Crippen LogP contribution in [0.2, 0.25) is 0 Å². The van der Waals surface area contributed by atoms with Gasteiger partial charge in [0.25, 0.3) is 11.8 Å². The molecule has 0 saturated carbocycles. The first-order chi connectivity index (χ1) is 20.1. The number of pyridine rings is 1. The second-order valence-electron chi connectivity index (χ2n) is 10.3. The minimum absolute atomic E-state index is 0.216. The summed E-state index contributed by atoms with van der Waals surface area (Å²) in [4.78, 5) is 34.6. The number of amides is 2. The highest BCUT2D eigenvalue weighted by molar-refractivity contribution is 5.97. The van der Waals surface area contributed by atoms with Gasteiger partial charge in [-0.2, -0.15) is 5.26 Å². The summed E-state index contributed by atoms with van der Waals surface area (Å²) in [6, 6.07) is 15.8. The first kappa shape index (κ1) is 29.0. The van der Waals surface area contributed by atoms with Gasteiger partial charge in [0, 0.05) is 44.4 Å². The molecule has 8 nitrogen and oxygen atoms in total. The van der Waals surface area contributed by atoms with Gasteiger partial charge < -0.3 is 15.1 Å². The summed E-state index contributed by atoms with van der Waals surface area (Å²) in [7, 11) is 0. The number of piperazine rings is 1. The lowest BCUT2D eigenvalue weighted by Gasteiger charge is -2.40. The predicted molar refractivity (Wildman–Crippen MR) is 146 cm³/mol. The minimum atomic E-state index is -3.14. The van der Waals surface area contributed by atoms with E-state index in [1.807, 2.05) is 4.90 Å². The monoisotopic (exact) mass is 580 g/mol. The molecule has 1 aromatic heterocycles. The summed E-state index contributed by atoms with van der Waals surface area (Å²) in [5.74, 6) is -4.60. The first-order valence-electron chi connectivity index (χ1n) is 13.4. The molecule has 2 aliphatic rings. The fourth-order valence-electron chi connectivity index (χ4n) is 5.40. The summed E-state index contributed by atoms with van der Waals surface area (Å²) < 4.78 is 54.6. The van der Waals surface area contributed by atoms with Gasteiger partial charge in [-0.3, -0.25) is 14.5 Å². The van der Waals surface area contributed by atoms with Crippen molar-refractivity contribution in [3.05, 3.63) is 95.2 Å². The molecule has 0 spiro atoms. The molecule has 1 N–H and O–H groups in total. The van der Waals surface area contributed by atoms with Crippen LogP contribution in [0.3, 0.4) is 0 Å². The average molecular weight is 581 g/mol. The van der Waals surface area contributed by atoms with Gasteiger partial charge in [-0.1, -0.05) is 24.3 Å². The molecule has 2 fully saturated rings. The standard InChI is InChI=1S/C30H28F4N6O2/c31-23-5-1-20(2-6-23)28(21-3-7-24(32)8-4-21)39-13-11-38(12-14-39)26-15-22(9-10-36-26)29(42)37-18-27(41)40-19-30(33,34)16-25(40)17-35/h1-10,15,25,28H,11-14,16,18-19H2,(H,37,42)/t25-/m0/s1. The van der Waals surface area contributed by atoms with E-state index in [1.165, 1.54) is 36.5 Å². The molecule has 1 atom stereocenters. The van der Waals surface area contributed by atoms with Crippen molar-refractivity contribution in [2.24, 2.45) is 0 Å². The Bertz CT molecular complexity index is 1420. The molecule has 0 aliphatic carbocycles. The van der Waals surface area contributed by atoms with Gasteiger partial charge in [0.1, 0.15) is 23.5 Å². The zero-order valence-corrected chi connectivity index (χ0v) is 22.5. The van der Waals surface area contributed by atoms with Gasteiger partial charge in [0.05, 0.1) is 25.2 Å². The molecule has 218 valence electrons. The molecule has 3 heterocycles. The topological polar surface area (TPSA) is 92.6 Å². The number of nitriles is 1. The van der Waals surface area contributed by atoms with Crippen LogP contribution in [0.5, 0.6) is 0 Å². The lowest BCUT2D eigenvalue weighted by atomic mass is 9.96. The van der Waals surface area contributed by atoms with Gasteiger partial charge >= 0.3 is 0 Å². The Hall–Kier alpha value is -4.50. The summed E-state index contributed by atoms with van der Waals surface area (Å²) in [6.45, 7) is 0.966. The largest absolute Gasteiger partial charge is 0.354 e. The van der Waals surface area contributed by atoms with Crippen LogP contribution < -0.4 is 10.2 Å². The number of hydrogen-bond acceptors (Lipinski definition) is 6. The molecule has 2 aromatic carbocycles. The van der Waals surface area contributed by atoms with Crippen LogP contribution in [0.1, 0.15) is 33.9 Å². The Labute approximate surface area is 240 Å². The Kier molecular flexibility index (Phi) is 8.40. The number of likely N-dealkylation sites (tertiary alicyclic amines) is 1.